The van der Waals surface area contributed by atoms with Crippen LogP contribution < -0.4 is 15.7 Å². The molecular weight excluding hydrogens is 828 g/mol. The van der Waals surface area contributed by atoms with Crippen molar-refractivity contribution in [3.05, 3.63) is 169 Å². The monoisotopic (exact) mass is 907 g/mol. The summed E-state index contributed by atoms with van der Waals surface area (Å²) >= 11 is 2.23. The van der Waals surface area contributed by atoms with Crippen LogP contribution in [0.1, 0.15) is 168 Å². The van der Waals surface area contributed by atoms with E-state index in [0.717, 1.165) is 19.3 Å². The second kappa shape index (κ2) is 15.9. The fourth-order valence-electron chi connectivity index (χ4n) is 13.4. The van der Waals surface area contributed by atoms with Gasteiger partial charge >= 0.3 is 0 Å². The first-order chi connectivity index (χ1) is 31.5. The molecule has 3 aromatic rings. The number of hydrogen-bond donors (Lipinski definition) is 1. The molecule has 7 aliphatic rings. The van der Waals surface area contributed by atoms with Crippen LogP contribution in [0.2, 0.25) is 0 Å². The molecule has 350 valence electrons. The molecule has 3 aromatic carbocycles. The summed E-state index contributed by atoms with van der Waals surface area (Å²) in [6.07, 6.45) is 26.9. The van der Waals surface area contributed by atoms with Gasteiger partial charge in [0, 0.05) is 39.4 Å². The van der Waals surface area contributed by atoms with Crippen LogP contribution in [0.25, 0.3) is 0 Å². The zero-order chi connectivity index (χ0) is 47.8. The van der Waals surface area contributed by atoms with E-state index in [1.807, 2.05) is 0 Å². The molecule has 0 bridgehead atoms. The maximum Gasteiger partial charge on any atom is 0.252 e. The Bertz CT molecular complexity index is 2790. The summed E-state index contributed by atoms with van der Waals surface area (Å²) in [5, 5.41) is 4.81. The summed E-state index contributed by atoms with van der Waals surface area (Å²) in [7, 11) is 0. The van der Waals surface area contributed by atoms with Gasteiger partial charge in [-0.25, -0.2) is 0 Å². The van der Waals surface area contributed by atoms with Crippen molar-refractivity contribution in [1.29, 1.82) is 0 Å². The summed E-state index contributed by atoms with van der Waals surface area (Å²) in [4.78, 5) is 4.52. The van der Waals surface area contributed by atoms with Crippen LogP contribution in [-0.4, -0.2) is 18.0 Å². The lowest BCUT2D eigenvalue weighted by Crippen LogP contribution is -2.55. The van der Waals surface area contributed by atoms with Crippen LogP contribution in [0.5, 0.6) is 0 Å². The van der Waals surface area contributed by atoms with Gasteiger partial charge in [-0.1, -0.05) is 173 Å². The Morgan fingerprint density at radius 1 is 0.806 bits per heavy atom. The van der Waals surface area contributed by atoms with Gasteiger partial charge in [0.15, 0.2) is 0 Å². The SMILES string of the molecule is C/C=C\C=C/Cc1ccc(B2C3=C(N(c4ccc5c(c4)C(C)(C)CCC5(C)C)C4CC(C)=CC(Nc5cc6c(cc5C)C(C)(C)CCC6(C)C)=C24)[C@@]24C=C(C(C)(C)C)C=CC2C4S3)c(CC)c1. The fourth-order valence-corrected chi connectivity index (χ4v) is 15.3. The van der Waals surface area contributed by atoms with Gasteiger partial charge in [-0.15, -0.1) is 11.8 Å². The minimum atomic E-state index is -0.0358. The number of anilines is 2. The third-order valence-electron chi connectivity index (χ3n) is 17.9. The van der Waals surface area contributed by atoms with E-state index in [2.05, 4.69) is 223 Å². The molecule has 1 saturated carbocycles. The Hall–Kier alpha value is -4.15. The number of aryl methyl sites for hydroxylation is 2. The van der Waals surface area contributed by atoms with Crippen LogP contribution in [0.4, 0.5) is 11.4 Å². The Labute approximate surface area is 410 Å². The zero-order valence-corrected chi connectivity index (χ0v) is 44.7. The average molecular weight is 907 g/mol. The summed E-state index contributed by atoms with van der Waals surface area (Å²) in [6.45, 7) is 36.4. The molecule has 1 spiro atoms. The molecule has 1 N–H and O–H groups in total. The van der Waals surface area contributed by atoms with Crippen molar-refractivity contribution in [2.75, 3.05) is 10.2 Å². The van der Waals surface area contributed by atoms with Crippen molar-refractivity contribution in [2.24, 2.45) is 16.7 Å². The molecule has 0 aromatic heterocycles. The van der Waals surface area contributed by atoms with Gasteiger partial charge < -0.3 is 10.2 Å². The van der Waals surface area contributed by atoms with Crippen LogP contribution in [0, 0.1) is 23.7 Å². The summed E-state index contributed by atoms with van der Waals surface area (Å²) in [6, 6.07) is 20.5. The van der Waals surface area contributed by atoms with Crippen LogP contribution in [-0.2, 0) is 34.5 Å². The van der Waals surface area contributed by atoms with Crippen LogP contribution >= 0.6 is 11.8 Å². The maximum absolute atomic E-state index is 4.32. The highest BCUT2D eigenvalue weighted by Gasteiger charge is 2.73. The Kier molecular flexibility index (Phi) is 11.1. The van der Waals surface area contributed by atoms with Crippen molar-refractivity contribution in [3.8, 4) is 0 Å². The largest absolute Gasteiger partial charge is 0.356 e. The van der Waals surface area contributed by atoms with E-state index in [1.165, 1.54) is 92.7 Å². The van der Waals surface area contributed by atoms with Crippen molar-refractivity contribution in [1.82, 2.24) is 0 Å². The molecule has 4 atom stereocenters. The molecular formula is C63H79BN2S. The van der Waals surface area contributed by atoms with Crippen LogP contribution in [0.3, 0.4) is 0 Å². The lowest BCUT2D eigenvalue weighted by Gasteiger charge is -2.49. The van der Waals surface area contributed by atoms with E-state index >= 15 is 0 Å². The third-order valence-corrected chi connectivity index (χ3v) is 19.5. The number of allylic oxidation sites excluding steroid dienone is 9. The van der Waals surface area contributed by atoms with Gasteiger partial charge in [0.25, 0.3) is 6.71 Å². The van der Waals surface area contributed by atoms with Gasteiger partial charge in [-0.2, -0.15) is 0 Å². The van der Waals surface area contributed by atoms with E-state index in [0.29, 0.717) is 11.2 Å². The first-order valence-corrected chi connectivity index (χ1v) is 26.9. The highest BCUT2D eigenvalue weighted by Crippen LogP contribution is 2.76. The normalized spacial score (nSPS) is 27.3. The summed E-state index contributed by atoms with van der Waals surface area (Å²) < 4.78 is 0. The highest BCUT2D eigenvalue weighted by molar-refractivity contribution is 8.06. The fraction of sp³-hybridized carbons (Fsp3) is 0.492. The Morgan fingerprint density at radius 2 is 1.46 bits per heavy atom. The molecule has 10 rings (SSSR count). The second-order valence-electron chi connectivity index (χ2n) is 25.4. The summed E-state index contributed by atoms with van der Waals surface area (Å²) in [5.41, 5.74) is 22.4. The highest BCUT2D eigenvalue weighted by atomic mass is 32.2. The van der Waals surface area contributed by atoms with Crippen LogP contribution in [0.15, 0.2) is 130 Å². The Balaban J connectivity index is 1.25. The van der Waals surface area contributed by atoms with E-state index in [-0.39, 0.29) is 45.2 Å². The minimum Gasteiger partial charge on any atom is -0.356 e. The number of nitrogens with one attached hydrogen (secondary N) is 1. The number of thioether (sulfide) groups is 1. The molecule has 0 amide bonds. The van der Waals surface area contributed by atoms with Gasteiger partial charge in [-0.05, 0) is 166 Å². The number of hydrogen-bond acceptors (Lipinski definition) is 3. The van der Waals surface area contributed by atoms with E-state index in [4.69, 9.17) is 0 Å². The second-order valence-corrected chi connectivity index (χ2v) is 26.6. The standard InChI is InChI=1S/C63H79BN2S/c1-16-18-19-20-21-41-22-27-50(42(17-2)35-41)64-54-52(65-51-37-49-47(34-40(51)4)60(10,11)30-31-62(49,14)15)32-39(3)33-53(54)66(44-24-26-45-48(36-44)61(12,13)29-28-59(45,8)9)55-57(64)67-56-46-25-23-43(58(5,6)7)38-63(46,55)56/h16,18-20,22-27,32,34-38,46,53,56,65H,17,21,28-31,33H2,1-15H3/b18-16-,20-19-/t46?,53?,56?,63-/m1/s1. The van der Waals surface area contributed by atoms with E-state index < -0.39 is 0 Å². The van der Waals surface area contributed by atoms with Crippen molar-refractivity contribution < 1.29 is 0 Å². The third kappa shape index (κ3) is 7.50. The van der Waals surface area contributed by atoms with Gasteiger partial charge in [0.05, 0.1) is 6.04 Å². The number of fused-ring (bicyclic) bond motifs is 4. The quantitative estimate of drug-likeness (QED) is 0.179. The molecule has 4 heteroatoms. The topological polar surface area (TPSA) is 15.3 Å². The number of benzene rings is 3. The number of nitrogens with zero attached hydrogens (tertiary/aromatic N) is 1. The molecule has 2 aliphatic heterocycles. The van der Waals surface area contributed by atoms with Crippen molar-refractivity contribution in [2.45, 2.75) is 182 Å². The van der Waals surface area contributed by atoms with E-state index in [1.54, 1.807) is 21.5 Å². The predicted molar refractivity (Wildman–Crippen MR) is 293 cm³/mol. The van der Waals surface area contributed by atoms with Crippen molar-refractivity contribution in [3.63, 3.8) is 0 Å². The molecule has 0 radical (unpaired) electrons. The molecule has 2 nitrogen and oxygen atoms in total. The molecule has 2 heterocycles. The Morgan fingerprint density at radius 3 is 2.12 bits per heavy atom. The van der Waals surface area contributed by atoms with Gasteiger partial charge in [0.1, 0.15) is 0 Å². The van der Waals surface area contributed by atoms with E-state index in [9.17, 15) is 0 Å². The lowest BCUT2D eigenvalue weighted by atomic mass is 9.34. The number of rotatable bonds is 8. The maximum atomic E-state index is 4.32. The zero-order valence-electron chi connectivity index (χ0n) is 43.9. The molecule has 67 heavy (non-hydrogen) atoms. The van der Waals surface area contributed by atoms with Crippen molar-refractivity contribution >= 4 is 35.3 Å². The summed E-state index contributed by atoms with van der Waals surface area (Å²) in [5.74, 6) is 0.504. The van der Waals surface area contributed by atoms with Gasteiger partial charge in [-0.3, -0.25) is 0 Å². The average Bonchev–Trinajstić information content (AvgIpc) is 3.79. The lowest BCUT2D eigenvalue weighted by molar-refractivity contribution is 0.332. The first-order valence-electron chi connectivity index (χ1n) is 26.0. The first kappa shape index (κ1) is 46.6. The molecule has 1 fully saturated rings. The molecule has 3 unspecified atom stereocenters. The van der Waals surface area contributed by atoms with Gasteiger partial charge in [0.2, 0.25) is 0 Å². The molecule has 5 aliphatic carbocycles. The molecule has 0 saturated heterocycles. The minimum absolute atomic E-state index is 0.0358. The predicted octanol–water partition coefficient (Wildman–Crippen LogP) is 15.8. The smallest absolute Gasteiger partial charge is 0.252 e.